The number of anilines is 1. The van der Waals surface area contributed by atoms with Gasteiger partial charge in [-0.25, -0.2) is 0 Å². The zero-order chi connectivity index (χ0) is 16.3. The third kappa shape index (κ3) is 6.20. The van der Waals surface area contributed by atoms with Crippen LogP contribution in [0.5, 0.6) is 5.75 Å². The largest absolute Gasteiger partial charge is 0.492 e. The van der Waals surface area contributed by atoms with Gasteiger partial charge in [0.25, 0.3) is 0 Å². The molecule has 0 heterocycles. The van der Waals surface area contributed by atoms with Gasteiger partial charge in [-0.3, -0.25) is 4.79 Å². The number of rotatable bonds is 8. The molecule has 0 saturated carbocycles. The molecule has 1 amide bonds. The van der Waals surface area contributed by atoms with E-state index >= 15 is 0 Å². The van der Waals surface area contributed by atoms with Crippen LogP contribution in [-0.4, -0.2) is 24.0 Å². The highest BCUT2D eigenvalue weighted by molar-refractivity contribution is 8.00. The van der Waals surface area contributed by atoms with Gasteiger partial charge in [-0.15, -0.1) is 11.8 Å². The number of para-hydroxylation sites is 2. The number of benzene rings is 2. The molecule has 0 radical (unpaired) electrons. The van der Waals surface area contributed by atoms with Crippen molar-refractivity contribution in [3.05, 3.63) is 66.2 Å². The van der Waals surface area contributed by atoms with Crippen molar-refractivity contribution in [3.63, 3.8) is 0 Å². The standard InChI is InChI=1S/C19H21NO2S/c1-2-22-18-13-7-6-12-17(18)20-19(21)15-23-14-8-11-16-9-4-3-5-10-16/h3-13H,2,14-15H2,1H3,(H,20,21)/b11-8+. The molecule has 2 rings (SSSR count). The fourth-order valence-corrected chi connectivity index (χ4v) is 2.61. The molecule has 0 spiro atoms. The maximum Gasteiger partial charge on any atom is 0.234 e. The van der Waals surface area contributed by atoms with Gasteiger partial charge in [-0.05, 0) is 24.6 Å². The summed E-state index contributed by atoms with van der Waals surface area (Å²) in [7, 11) is 0. The van der Waals surface area contributed by atoms with Gasteiger partial charge in [-0.1, -0.05) is 54.6 Å². The van der Waals surface area contributed by atoms with Gasteiger partial charge >= 0.3 is 0 Å². The predicted molar refractivity (Wildman–Crippen MR) is 99.0 cm³/mol. The molecule has 0 unspecified atom stereocenters. The Morgan fingerprint density at radius 3 is 2.65 bits per heavy atom. The first-order valence-electron chi connectivity index (χ1n) is 7.60. The molecule has 0 fully saturated rings. The van der Waals surface area contributed by atoms with Crippen LogP contribution in [-0.2, 0) is 4.79 Å². The third-order valence-corrected chi connectivity index (χ3v) is 3.91. The minimum atomic E-state index is -0.0183. The highest BCUT2D eigenvalue weighted by Crippen LogP contribution is 2.23. The van der Waals surface area contributed by atoms with E-state index in [2.05, 4.69) is 29.6 Å². The van der Waals surface area contributed by atoms with Gasteiger partial charge in [0.15, 0.2) is 0 Å². The monoisotopic (exact) mass is 327 g/mol. The Bertz CT molecular complexity index is 641. The second-order valence-corrected chi connectivity index (χ2v) is 5.84. The zero-order valence-electron chi connectivity index (χ0n) is 13.2. The zero-order valence-corrected chi connectivity index (χ0v) is 14.0. The van der Waals surface area contributed by atoms with E-state index in [1.54, 1.807) is 11.8 Å². The Labute approximate surface area is 141 Å². The van der Waals surface area contributed by atoms with E-state index in [0.29, 0.717) is 18.1 Å². The van der Waals surface area contributed by atoms with Gasteiger partial charge < -0.3 is 10.1 Å². The van der Waals surface area contributed by atoms with Crippen molar-refractivity contribution in [2.24, 2.45) is 0 Å². The molecule has 2 aromatic rings. The summed E-state index contributed by atoms with van der Waals surface area (Å²) in [6.45, 7) is 2.50. The topological polar surface area (TPSA) is 38.3 Å². The average molecular weight is 327 g/mol. The van der Waals surface area contributed by atoms with Gasteiger partial charge in [0.05, 0.1) is 18.0 Å². The molecule has 0 saturated heterocycles. The molecule has 0 aliphatic heterocycles. The Morgan fingerprint density at radius 1 is 1.13 bits per heavy atom. The number of carbonyl (C=O) groups excluding carboxylic acids is 1. The lowest BCUT2D eigenvalue weighted by Gasteiger charge is -2.10. The Morgan fingerprint density at radius 2 is 1.87 bits per heavy atom. The second-order valence-electron chi connectivity index (χ2n) is 4.81. The van der Waals surface area contributed by atoms with Crippen LogP contribution in [0.2, 0.25) is 0 Å². The lowest BCUT2D eigenvalue weighted by atomic mass is 10.2. The minimum absolute atomic E-state index is 0.0183. The van der Waals surface area contributed by atoms with Gasteiger partial charge in [0.1, 0.15) is 5.75 Å². The summed E-state index contributed by atoms with van der Waals surface area (Å²) in [6, 6.07) is 17.6. The summed E-state index contributed by atoms with van der Waals surface area (Å²) >= 11 is 1.58. The van der Waals surface area contributed by atoms with E-state index in [0.717, 1.165) is 11.4 Å². The van der Waals surface area contributed by atoms with E-state index in [9.17, 15) is 4.79 Å². The molecular weight excluding hydrogens is 306 g/mol. The minimum Gasteiger partial charge on any atom is -0.492 e. The van der Waals surface area contributed by atoms with Crippen LogP contribution >= 0.6 is 11.8 Å². The number of amides is 1. The molecule has 0 atom stereocenters. The van der Waals surface area contributed by atoms with Gasteiger partial charge in [0, 0.05) is 5.75 Å². The van der Waals surface area contributed by atoms with Crippen molar-refractivity contribution in [1.29, 1.82) is 0 Å². The highest BCUT2D eigenvalue weighted by atomic mass is 32.2. The molecule has 1 N–H and O–H groups in total. The van der Waals surface area contributed by atoms with Crippen LogP contribution in [0.4, 0.5) is 5.69 Å². The first kappa shape index (κ1) is 17.2. The summed E-state index contributed by atoms with van der Waals surface area (Å²) in [4.78, 5) is 12.0. The van der Waals surface area contributed by atoms with Crippen molar-refractivity contribution in [3.8, 4) is 5.75 Å². The fourth-order valence-electron chi connectivity index (χ4n) is 2.01. The SMILES string of the molecule is CCOc1ccccc1NC(=O)CSC/C=C/c1ccccc1. The molecule has 2 aromatic carbocycles. The number of thioether (sulfide) groups is 1. The number of hydrogen-bond acceptors (Lipinski definition) is 3. The van der Waals surface area contributed by atoms with Crippen molar-refractivity contribution in [2.45, 2.75) is 6.92 Å². The fraction of sp³-hybridized carbons (Fsp3) is 0.211. The summed E-state index contributed by atoms with van der Waals surface area (Å²) in [5, 5.41) is 2.90. The predicted octanol–water partition coefficient (Wildman–Crippen LogP) is 4.47. The Balaban J connectivity index is 1.74. The average Bonchev–Trinajstić information content (AvgIpc) is 2.57. The highest BCUT2D eigenvalue weighted by Gasteiger charge is 2.06. The molecule has 120 valence electrons. The van der Waals surface area contributed by atoms with E-state index in [-0.39, 0.29) is 5.91 Å². The number of ether oxygens (including phenoxy) is 1. The lowest BCUT2D eigenvalue weighted by Crippen LogP contribution is -2.15. The molecule has 0 bridgehead atoms. The van der Waals surface area contributed by atoms with Crippen molar-refractivity contribution >= 4 is 29.4 Å². The number of hydrogen-bond donors (Lipinski definition) is 1. The first-order valence-corrected chi connectivity index (χ1v) is 8.76. The van der Waals surface area contributed by atoms with Crippen molar-refractivity contribution < 1.29 is 9.53 Å². The maximum absolute atomic E-state index is 12.0. The van der Waals surface area contributed by atoms with Crippen LogP contribution in [0.25, 0.3) is 6.08 Å². The summed E-state index contributed by atoms with van der Waals surface area (Å²) < 4.78 is 5.50. The van der Waals surface area contributed by atoms with Crippen LogP contribution in [0.15, 0.2) is 60.7 Å². The van der Waals surface area contributed by atoms with Crippen LogP contribution < -0.4 is 10.1 Å². The number of nitrogens with one attached hydrogen (secondary N) is 1. The van der Waals surface area contributed by atoms with Crippen LogP contribution in [0.3, 0.4) is 0 Å². The van der Waals surface area contributed by atoms with E-state index in [4.69, 9.17) is 4.74 Å². The quantitative estimate of drug-likeness (QED) is 0.727. The van der Waals surface area contributed by atoms with E-state index < -0.39 is 0 Å². The third-order valence-electron chi connectivity index (χ3n) is 3.02. The van der Waals surface area contributed by atoms with Crippen LogP contribution in [0.1, 0.15) is 12.5 Å². The molecular formula is C19H21NO2S. The molecule has 0 aromatic heterocycles. The van der Waals surface area contributed by atoms with Gasteiger partial charge in [0.2, 0.25) is 5.91 Å². The summed E-state index contributed by atoms with van der Waals surface area (Å²) in [6.07, 6.45) is 4.14. The molecule has 0 aliphatic carbocycles. The van der Waals surface area contributed by atoms with Crippen molar-refractivity contribution in [2.75, 3.05) is 23.4 Å². The first-order chi connectivity index (χ1) is 11.3. The van der Waals surface area contributed by atoms with E-state index in [1.165, 1.54) is 5.56 Å². The number of carbonyl (C=O) groups is 1. The molecule has 4 heteroatoms. The molecule has 0 aliphatic rings. The Kier molecular flexibility index (Phi) is 7.27. The maximum atomic E-state index is 12.0. The normalized spacial score (nSPS) is 10.7. The summed E-state index contributed by atoms with van der Waals surface area (Å²) in [5.41, 5.74) is 1.89. The second kappa shape index (κ2) is 9.74. The van der Waals surface area contributed by atoms with E-state index in [1.807, 2.05) is 49.4 Å². The Hall–Kier alpha value is -2.20. The van der Waals surface area contributed by atoms with Crippen LogP contribution in [0, 0.1) is 0 Å². The van der Waals surface area contributed by atoms with Crippen molar-refractivity contribution in [1.82, 2.24) is 0 Å². The van der Waals surface area contributed by atoms with Gasteiger partial charge in [-0.2, -0.15) is 0 Å². The smallest absolute Gasteiger partial charge is 0.234 e. The summed E-state index contributed by atoms with van der Waals surface area (Å²) in [5.74, 6) is 1.90. The molecule has 3 nitrogen and oxygen atoms in total. The lowest BCUT2D eigenvalue weighted by molar-refractivity contribution is -0.113. The molecule has 23 heavy (non-hydrogen) atoms.